The zero-order valence-electron chi connectivity index (χ0n) is 9.86. The lowest BCUT2D eigenvalue weighted by atomic mass is 9.98. The molecule has 0 aliphatic rings. The van der Waals surface area contributed by atoms with Gasteiger partial charge in [-0.2, -0.15) is 0 Å². The molecule has 5 heteroatoms. The van der Waals surface area contributed by atoms with Crippen molar-refractivity contribution >= 4 is 5.97 Å². The average Bonchev–Trinajstić information content (AvgIpc) is 2.30. The van der Waals surface area contributed by atoms with Crippen LogP contribution in [-0.2, 0) is 4.79 Å². The van der Waals surface area contributed by atoms with Crippen LogP contribution < -0.4 is 5.32 Å². The maximum absolute atomic E-state index is 10.7. The topological polar surface area (TPSA) is 89.8 Å². The quantitative estimate of drug-likeness (QED) is 0.446. The predicted octanol–water partition coefficient (Wildman–Crippen LogP) is 0.130. The van der Waals surface area contributed by atoms with Crippen molar-refractivity contribution in [2.45, 2.75) is 32.2 Å². The van der Waals surface area contributed by atoms with Gasteiger partial charge < -0.3 is 20.6 Å². The minimum atomic E-state index is -0.931. The highest BCUT2D eigenvalue weighted by molar-refractivity contribution is 5.86. The normalized spacial score (nSPS) is 12.9. The average molecular weight is 231 g/mol. The number of aliphatic carboxylic acids is 1. The molecule has 0 bridgehead atoms. The van der Waals surface area contributed by atoms with Crippen LogP contribution in [0.2, 0.25) is 0 Å². The number of hydrogen-bond acceptors (Lipinski definition) is 4. The van der Waals surface area contributed by atoms with Gasteiger partial charge in [0.2, 0.25) is 0 Å². The largest absolute Gasteiger partial charge is 0.478 e. The summed E-state index contributed by atoms with van der Waals surface area (Å²) in [6.07, 6.45) is 2.59. The van der Waals surface area contributed by atoms with E-state index in [9.17, 15) is 4.79 Å². The summed E-state index contributed by atoms with van der Waals surface area (Å²) in [5, 5.41) is 30.0. The maximum Gasteiger partial charge on any atom is 0.331 e. The lowest BCUT2D eigenvalue weighted by Crippen LogP contribution is -2.51. The van der Waals surface area contributed by atoms with Crippen molar-refractivity contribution in [3.05, 3.63) is 11.6 Å². The lowest BCUT2D eigenvalue weighted by molar-refractivity contribution is -0.132. The van der Waals surface area contributed by atoms with Crippen LogP contribution in [0.5, 0.6) is 0 Å². The summed E-state index contributed by atoms with van der Waals surface area (Å²) in [7, 11) is 0. The molecule has 94 valence electrons. The minimum absolute atomic E-state index is 0.178. The first kappa shape index (κ1) is 15.1. The molecule has 4 N–H and O–H groups in total. The Morgan fingerprint density at radius 2 is 1.88 bits per heavy atom. The Balaban J connectivity index is 4.37. The summed E-state index contributed by atoms with van der Waals surface area (Å²) < 4.78 is 0. The van der Waals surface area contributed by atoms with Crippen molar-refractivity contribution in [2.75, 3.05) is 19.8 Å². The molecule has 0 aromatic heterocycles. The molecule has 5 nitrogen and oxygen atoms in total. The van der Waals surface area contributed by atoms with E-state index < -0.39 is 11.5 Å². The van der Waals surface area contributed by atoms with Crippen LogP contribution in [0.3, 0.4) is 0 Å². The summed E-state index contributed by atoms with van der Waals surface area (Å²) >= 11 is 0. The molecular formula is C11H21NO4. The number of aliphatic hydroxyl groups excluding tert-OH is 2. The zero-order valence-corrected chi connectivity index (χ0v) is 9.86. The molecule has 16 heavy (non-hydrogen) atoms. The van der Waals surface area contributed by atoms with Crippen LogP contribution in [0, 0.1) is 0 Å². The molecule has 0 aromatic rings. The molecule has 0 radical (unpaired) electrons. The maximum atomic E-state index is 10.7. The molecule has 0 atom stereocenters. The number of rotatable bonds is 8. The number of carboxylic acids is 1. The van der Waals surface area contributed by atoms with Gasteiger partial charge in [0.05, 0.1) is 18.8 Å². The van der Waals surface area contributed by atoms with Crippen LogP contribution in [-0.4, -0.2) is 46.6 Å². The van der Waals surface area contributed by atoms with Crippen LogP contribution >= 0.6 is 0 Å². The van der Waals surface area contributed by atoms with E-state index in [0.717, 1.165) is 0 Å². The fourth-order valence-corrected chi connectivity index (χ4v) is 1.28. The van der Waals surface area contributed by atoms with Crippen molar-refractivity contribution in [2.24, 2.45) is 0 Å². The predicted molar refractivity (Wildman–Crippen MR) is 61.2 cm³/mol. The molecular weight excluding hydrogens is 210 g/mol. The van der Waals surface area contributed by atoms with Gasteiger partial charge in [0.1, 0.15) is 0 Å². The summed E-state index contributed by atoms with van der Waals surface area (Å²) in [6.45, 7) is 3.58. The molecule has 0 heterocycles. The van der Waals surface area contributed by atoms with Crippen LogP contribution in [0.1, 0.15) is 26.7 Å². The van der Waals surface area contributed by atoms with E-state index in [0.29, 0.717) is 25.0 Å². The highest BCUT2D eigenvalue weighted by Crippen LogP contribution is 2.08. The smallest absolute Gasteiger partial charge is 0.331 e. The first-order valence-electron chi connectivity index (χ1n) is 5.44. The van der Waals surface area contributed by atoms with Crippen molar-refractivity contribution in [3.63, 3.8) is 0 Å². The third-order valence-electron chi connectivity index (χ3n) is 2.76. The van der Waals surface area contributed by atoms with Gasteiger partial charge in [-0.3, -0.25) is 0 Å². The van der Waals surface area contributed by atoms with E-state index in [1.54, 1.807) is 13.0 Å². The Morgan fingerprint density at radius 1 is 1.31 bits per heavy atom. The fraction of sp³-hybridized carbons (Fsp3) is 0.727. The molecule has 0 amide bonds. The van der Waals surface area contributed by atoms with E-state index in [1.807, 2.05) is 6.92 Å². The first-order chi connectivity index (χ1) is 7.55. The van der Waals surface area contributed by atoms with Crippen LogP contribution in [0.4, 0.5) is 0 Å². The van der Waals surface area contributed by atoms with E-state index >= 15 is 0 Å². The van der Waals surface area contributed by atoms with Crippen molar-refractivity contribution in [1.29, 1.82) is 0 Å². The molecule has 0 fully saturated rings. The lowest BCUT2D eigenvalue weighted by Gasteiger charge is -2.29. The molecule has 0 aliphatic carbocycles. The summed E-state index contributed by atoms with van der Waals surface area (Å²) in [4.78, 5) is 10.7. The SMILES string of the molecule is CCC(=CCNC(CC)(CO)CO)C(=O)O. The molecule has 0 aromatic carbocycles. The Morgan fingerprint density at radius 3 is 2.19 bits per heavy atom. The Labute approximate surface area is 95.8 Å². The van der Waals surface area contributed by atoms with E-state index in [4.69, 9.17) is 15.3 Å². The molecule has 0 saturated heterocycles. The van der Waals surface area contributed by atoms with Gasteiger partial charge in [-0.05, 0) is 12.8 Å². The second-order valence-electron chi connectivity index (χ2n) is 3.72. The van der Waals surface area contributed by atoms with Gasteiger partial charge in [0.25, 0.3) is 0 Å². The Bertz CT molecular complexity index is 238. The highest BCUT2D eigenvalue weighted by atomic mass is 16.4. The molecule has 0 aliphatic heterocycles. The number of aliphatic hydroxyl groups is 2. The number of nitrogens with one attached hydrogen (secondary N) is 1. The van der Waals surface area contributed by atoms with Crippen LogP contribution in [0.25, 0.3) is 0 Å². The van der Waals surface area contributed by atoms with E-state index in [2.05, 4.69) is 5.32 Å². The van der Waals surface area contributed by atoms with Gasteiger partial charge >= 0.3 is 5.97 Å². The summed E-state index contributed by atoms with van der Waals surface area (Å²) in [6, 6.07) is 0. The molecule has 0 spiro atoms. The van der Waals surface area contributed by atoms with Gasteiger partial charge in [-0.15, -0.1) is 0 Å². The van der Waals surface area contributed by atoms with Crippen molar-refractivity contribution in [3.8, 4) is 0 Å². The Hall–Kier alpha value is -0.910. The summed E-state index contributed by atoms with van der Waals surface area (Å²) in [5.74, 6) is -0.931. The minimum Gasteiger partial charge on any atom is -0.478 e. The standard InChI is InChI=1S/C11H21NO4/c1-3-9(10(15)16)5-6-12-11(4-2,7-13)8-14/h5,12-14H,3-4,6-8H2,1-2H3,(H,15,16). The molecule has 0 rings (SSSR count). The number of carboxylic acid groups (broad SMARTS) is 1. The van der Waals surface area contributed by atoms with Gasteiger partial charge in [-0.1, -0.05) is 19.9 Å². The summed E-state index contributed by atoms with van der Waals surface area (Å²) in [5.41, 5.74) is -0.401. The second kappa shape index (κ2) is 7.38. The Kier molecular flexibility index (Phi) is 6.96. The van der Waals surface area contributed by atoms with Crippen molar-refractivity contribution in [1.82, 2.24) is 5.32 Å². The molecule has 0 saturated carbocycles. The van der Waals surface area contributed by atoms with Crippen LogP contribution in [0.15, 0.2) is 11.6 Å². The van der Waals surface area contributed by atoms with E-state index in [1.165, 1.54) is 0 Å². The number of carbonyl (C=O) groups is 1. The molecule has 0 unspecified atom stereocenters. The first-order valence-corrected chi connectivity index (χ1v) is 5.44. The van der Waals surface area contributed by atoms with Gasteiger partial charge in [0, 0.05) is 12.1 Å². The van der Waals surface area contributed by atoms with Gasteiger partial charge in [-0.25, -0.2) is 4.79 Å². The zero-order chi connectivity index (χ0) is 12.6. The third kappa shape index (κ3) is 4.30. The highest BCUT2D eigenvalue weighted by Gasteiger charge is 2.24. The monoisotopic (exact) mass is 231 g/mol. The second-order valence-corrected chi connectivity index (χ2v) is 3.72. The van der Waals surface area contributed by atoms with Gasteiger partial charge in [0.15, 0.2) is 0 Å². The fourth-order valence-electron chi connectivity index (χ4n) is 1.28. The number of hydrogen-bond donors (Lipinski definition) is 4. The van der Waals surface area contributed by atoms with E-state index in [-0.39, 0.29) is 13.2 Å². The third-order valence-corrected chi connectivity index (χ3v) is 2.76. The van der Waals surface area contributed by atoms with Crippen molar-refractivity contribution < 1.29 is 20.1 Å².